The summed E-state index contributed by atoms with van der Waals surface area (Å²) in [5.74, 6) is 0. The van der Waals surface area contributed by atoms with Crippen molar-refractivity contribution in [2.45, 2.75) is 25.7 Å². The van der Waals surface area contributed by atoms with Gasteiger partial charge in [0, 0.05) is 13.2 Å². The number of ether oxygens (including phenoxy) is 1. The summed E-state index contributed by atoms with van der Waals surface area (Å²) in [7, 11) is 0. The van der Waals surface area contributed by atoms with Gasteiger partial charge >= 0.3 is 0 Å². The van der Waals surface area contributed by atoms with Crippen molar-refractivity contribution in [3.05, 3.63) is 0 Å². The van der Waals surface area contributed by atoms with E-state index in [0.29, 0.717) is 0 Å². The van der Waals surface area contributed by atoms with E-state index >= 15 is 0 Å². The minimum absolute atomic E-state index is 0.770. The molecule has 0 aliphatic carbocycles. The Morgan fingerprint density at radius 1 is 0.727 bits per heavy atom. The Kier molecular flexibility index (Phi) is 9.77. The van der Waals surface area contributed by atoms with E-state index in [1.54, 1.807) is 0 Å². The smallest absolute Gasteiger partial charge is 0.0466 e. The quantitative estimate of drug-likeness (QED) is 0.508. The van der Waals surface area contributed by atoms with Gasteiger partial charge in [0.1, 0.15) is 0 Å². The van der Waals surface area contributed by atoms with Crippen LogP contribution >= 0.6 is 0 Å². The van der Waals surface area contributed by atoms with E-state index < -0.39 is 0 Å². The molecule has 0 radical (unpaired) electrons. The zero-order valence-electron chi connectivity index (χ0n) is 7.22. The van der Waals surface area contributed by atoms with Crippen LogP contribution in [-0.2, 0) is 4.74 Å². The average molecular weight is 160 g/mol. The molecule has 0 rings (SSSR count). The highest BCUT2D eigenvalue weighted by molar-refractivity contribution is 4.41. The summed E-state index contributed by atoms with van der Waals surface area (Å²) in [6, 6.07) is 0. The van der Waals surface area contributed by atoms with Gasteiger partial charge in [-0.15, -0.1) is 0 Å². The van der Waals surface area contributed by atoms with Crippen LogP contribution in [0.3, 0.4) is 0 Å². The van der Waals surface area contributed by atoms with Crippen molar-refractivity contribution < 1.29 is 4.74 Å². The first-order valence-electron chi connectivity index (χ1n) is 4.39. The third-order valence-corrected chi connectivity index (χ3v) is 1.49. The lowest BCUT2D eigenvalue weighted by molar-refractivity contribution is 0.127. The van der Waals surface area contributed by atoms with Crippen LogP contribution in [0.4, 0.5) is 0 Å². The van der Waals surface area contributed by atoms with Gasteiger partial charge in [-0.3, -0.25) is 0 Å². The van der Waals surface area contributed by atoms with Crippen molar-refractivity contribution in [1.82, 2.24) is 0 Å². The van der Waals surface area contributed by atoms with E-state index in [0.717, 1.165) is 52.0 Å². The Morgan fingerprint density at radius 3 is 1.55 bits per heavy atom. The van der Waals surface area contributed by atoms with Crippen molar-refractivity contribution in [2.75, 3.05) is 26.3 Å². The summed E-state index contributed by atoms with van der Waals surface area (Å²) in [5.41, 5.74) is 10.6. The molecule has 3 nitrogen and oxygen atoms in total. The maximum absolute atomic E-state index is 5.33. The summed E-state index contributed by atoms with van der Waals surface area (Å²) >= 11 is 0. The van der Waals surface area contributed by atoms with Gasteiger partial charge in [-0.25, -0.2) is 0 Å². The molecule has 0 aliphatic heterocycles. The molecule has 0 saturated carbocycles. The molecule has 0 atom stereocenters. The standard InChI is InChI=1S/C8H20N2O/c9-5-1-3-7-11-8-4-2-6-10/h1-10H2. The van der Waals surface area contributed by atoms with Crippen LogP contribution in [0, 0.1) is 0 Å². The topological polar surface area (TPSA) is 61.3 Å². The highest BCUT2D eigenvalue weighted by Gasteiger charge is 1.88. The number of hydrogen-bond acceptors (Lipinski definition) is 3. The molecule has 0 aromatic heterocycles. The van der Waals surface area contributed by atoms with Crippen LogP contribution in [-0.4, -0.2) is 26.3 Å². The van der Waals surface area contributed by atoms with Crippen molar-refractivity contribution in [3.8, 4) is 0 Å². The molecule has 0 bridgehead atoms. The largest absolute Gasteiger partial charge is 0.381 e. The molecule has 0 heterocycles. The highest BCUT2D eigenvalue weighted by atomic mass is 16.5. The predicted octanol–water partition coefficient (Wildman–Crippen LogP) is 0.481. The maximum Gasteiger partial charge on any atom is 0.0466 e. The molecular formula is C8H20N2O. The predicted molar refractivity (Wildman–Crippen MR) is 47.4 cm³/mol. The van der Waals surface area contributed by atoms with Crippen molar-refractivity contribution in [1.29, 1.82) is 0 Å². The number of rotatable bonds is 8. The Labute approximate surface area is 69.1 Å². The van der Waals surface area contributed by atoms with Crippen LogP contribution in [0.25, 0.3) is 0 Å². The third kappa shape index (κ3) is 9.88. The lowest BCUT2D eigenvalue weighted by atomic mass is 10.3. The lowest BCUT2D eigenvalue weighted by Gasteiger charge is -2.01. The monoisotopic (exact) mass is 160 g/mol. The molecule has 4 N–H and O–H groups in total. The fourth-order valence-corrected chi connectivity index (χ4v) is 0.799. The maximum atomic E-state index is 5.33. The van der Waals surface area contributed by atoms with E-state index in [9.17, 15) is 0 Å². The first kappa shape index (κ1) is 10.9. The zero-order valence-corrected chi connectivity index (χ0v) is 7.22. The second-order valence-corrected chi connectivity index (χ2v) is 2.60. The van der Waals surface area contributed by atoms with Gasteiger partial charge in [-0.2, -0.15) is 0 Å². The van der Waals surface area contributed by atoms with Gasteiger partial charge in [0.15, 0.2) is 0 Å². The number of nitrogens with two attached hydrogens (primary N) is 2. The summed E-state index contributed by atoms with van der Waals surface area (Å²) in [4.78, 5) is 0. The van der Waals surface area contributed by atoms with E-state index in [1.807, 2.05) is 0 Å². The first-order valence-corrected chi connectivity index (χ1v) is 4.39. The molecule has 11 heavy (non-hydrogen) atoms. The molecule has 0 unspecified atom stereocenters. The Balaban J connectivity index is 2.69. The van der Waals surface area contributed by atoms with Crippen LogP contribution in [0.2, 0.25) is 0 Å². The third-order valence-electron chi connectivity index (χ3n) is 1.49. The molecule has 0 spiro atoms. The van der Waals surface area contributed by atoms with Crippen LogP contribution < -0.4 is 11.5 Å². The SMILES string of the molecule is NCCCCOCCCCN. The van der Waals surface area contributed by atoms with E-state index in [1.165, 1.54) is 0 Å². The van der Waals surface area contributed by atoms with Gasteiger partial charge in [-0.05, 0) is 38.8 Å². The summed E-state index contributed by atoms with van der Waals surface area (Å²) in [6.45, 7) is 3.24. The molecule has 0 aromatic rings. The lowest BCUT2D eigenvalue weighted by Crippen LogP contribution is -2.04. The first-order chi connectivity index (χ1) is 5.41. The van der Waals surface area contributed by atoms with Crippen molar-refractivity contribution in [2.24, 2.45) is 11.5 Å². The molecule has 0 amide bonds. The number of hydrogen-bond donors (Lipinski definition) is 2. The average Bonchev–Trinajstić information content (AvgIpc) is 2.03. The normalized spacial score (nSPS) is 10.4. The fraction of sp³-hybridized carbons (Fsp3) is 1.00. The fourth-order valence-electron chi connectivity index (χ4n) is 0.799. The van der Waals surface area contributed by atoms with Crippen LogP contribution in [0.15, 0.2) is 0 Å². The second kappa shape index (κ2) is 9.88. The van der Waals surface area contributed by atoms with E-state index in [-0.39, 0.29) is 0 Å². The summed E-state index contributed by atoms with van der Waals surface area (Å²) in [6.07, 6.45) is 4.30. The van der Waals surface area contributed by atoms with Crippen LogP contribution in [0.1, 0.15) is 25.7 Å². The molecule has 0 saturated heterocycles. The van der Waals surface area contributed by atoms with E-state index in [4.69, 9.17) is 16.2 Å². The van der Waals surface area contributed by atoms with Gasteiger partial charge in [0.25, 0.3) is 0 Å². The summed E-state index contributed by atoms with van der Waals surface area (Å²) in [5, 5.41) is 0. The van der Waals surface area contributed by atoms with Crippen LogP contribution in [0.5, 0.6) is 0 Å². The zero-order chi connectivity index (χ0) is 8.36. The Morgan fingerprint density at radius 2 is 1.18 bits per heavy atom. The van der Waals surface area contributed by atoms with Gasteiger partial charge in [0.05, 0.1) is 0 Å². The molecule has 0 aromatic carbocycles. The Bertz CT molecular complexity index is 61.1. The molecule has 0 fully saturated rings. The minimum atomic E-state index is 0.770. The summed E-state index contributed by atoms with van der Waals surface area (Å²) < 4.78 is 5.33. The van der Waals surface area contributed by atoms with Crippen molar-refractivity contribution >= 4 is 0 Å². The second-order valence-electron chi connectivity index (χ2n) is 2.60. The molecular weight excluding hydrogens is 140 g/mol. The van der Waals surface area contributed by atoms with Crippen molar-refractivity contribution in [3.63, 3.8) is 0 Å². The van der Waals surface area contributed by atoms with Gasteiger partial charge < -0.3 is 16.2 Å². The highest BCUT2D eigenvalue weighted by Crippen LogP contribution is 1.91. The van der Waals surface area contributed by atoms with Gasteiger partial charge in [0.2, 0.25) is 0 Å². The molecule has 68 valence electrons. The number of unbranched alkanes of at least 4 members (excludes halogenated alkanes) is 2. The van der Waals surface area contributed by atoms with Gasteiger partial charge in [-0.1, -0.05) is 0 Å². The Hall–Kier alpha value is -0.120. The molecule has 0 aliphatic rings. The minimum Gasteiger partial charge on any atom is -0.381 e. The molecule has 3 heteroatoms. The van der Waals surface area contributed by atoms with E-state index in [2.05, 4.69) is 0 Å².